The number of Topliss-reactive ketones (excluding diaryl/α,β-unsaturated/α-hetero) is 1. The van der Waals surface area contributed by atoms with Crippen LogP contribution in [0, 0.1) is 0 Å². The zero-order valence-electron chi connectivity index (χ0n) is 6.48. The minimum absolute atomic E-state index is 0.0941. The van der Waals surface area contributed by atoms with E-state index in [0.717, 1.165) is 21.2 Å². The molecule has 1 rings (SSSR count). The molecule has 3 heteroatoms. The largest absolute Gasteiger partial charge is 0.294 e. The highest BCUT2D eigenvalue weighted by molar-refractivity contribution is 7.14. The summed E-state index contributed by atoms with van der Waals surface area (Å²) >= 11 is 7.33. The predicted octanol–water partition coefficient (Wildman–Crippen LogP) is 3.17. The van der Waals surface area contributed by atoms with Crippen LogP contribution in [0.2, 0.25) is 5.02 Å². The lowest BCUT2D eigenvalue weighted by molar-refractivity contribution is 0.102. The summed E-state index contributed by atoms with van der Waals surface area (Å²) in [6, 6.07) is 1.74. The summed E-state index contributed by atoms with van der Waals surface area (Å²) in [7, 11) is 0. The predicted molar refractivity (Wildman–Crippen MR) is 48.7 cm³/mol. The highest BCUT2D eigenvalue weighted by Crippen LogP contribution is 2.27. The molecule has 0 N–H and O–H groups in total. The molecule has 0 atom stereocenters. The molecule has 0 saturated carbocycles. The summed E-state index contributed by atoms with van der Waals surface area (Å²) in [6.45, 7) is 3.59. The molecule has 0 amide bonds. The Kier molecular flexibility index (Phi) is 2.68. The van der Waals surface area contributed by atoms with Gasteiger partial charge in [0.05, 0.1) is 9.90 Å². The number of thiophene rings is 1. The number of halogens is 1. The van der Waals surface area contributed by atoms with Gasteiger partial charge in [0, 0.05) is 4.88 Å². The molecular formula is C8H9ClOS. The second-order valence-corrected chi connectivity index (χ2v) is 3.84. The molecule has 0 aliphatic carbocycles. The van der Waals surface area contributed by atoms with Gasteiger partial charge in [-0.15, -0.1) is 11.3 Å². The third-order valence-corrected chi connectivity index (χ3v) is 3.25. The number of ketones is 1. The summed E-state index contributed by atoms with van der Waals surface area (Å²) in [5, 5.41) is 0.725. The number of carbonyl (C=O) groups is 1. The van der Waals surface area contributed by atoms with Gasteiger partial charge < -0.3 is 0 Å². The van der Waals surface area contributed by atoms with E-state index >= 15 is 0 Å². The normalized spacial score (nSPS) is 10.1. The SMILES string of the molecule is CCc1sc(C(C)=O)cc1Cl. The average Bonchev–Trinajstić information content (AvgIpc) is 2.31. The minimum atomic E-state index is 0.0941. The fourth-order valence-electron chi connectivity index (χ4n) is 0.821. The van der Waals surface area contributed by atoms with E-state index in [9.17, 15) is 4.79 Å². The van der Waals surface area contributed by atoms with E-state index in [1.165, 1.54) is 11.3 Å². The van der Waals surface area contributed by atoms with Gasteiger partial charge in [-0.25, -0.2) is 0 Å². The minimum Gasteiger partial charge on any atom is -0.294 e. The van der Waals surface area contributed by atoms with Gasteiger partial charge in [0.25, 0.3) is 0 Å². The van der Waals surface area contributed by atoms with Crippen LogP contribution in [-0.4, -0.2) is 5.78 Å². The van der Waals surface area contributed by atoms with E-state index in [4.69, 9.17) is 11.6 Å². The van der Waals surface area contributed by atoms with E-state index in [2.05, 4.69) is 0 Å². The summed E-state index contributed by atoms with van der Waals surface area (Å²) in [5.41, 5.74) is 0. The van der Waals surface area contributed by atoms with Gasteiger partial charge >= 0.3 is 0 Å². The van der Waals surface area contributed by atoms with Gasteiger partial charge in [0.15, 0.2) is 5.78 Å². The highest BCUT2D eigenvalue weighted by Gasteiger charge is 2.07. The Balaban J connectivity index is 3.05. The lowest BCUT2D eigenvalue weighted by atomic mass is 10.3. The Hall–Kier alpha value is -0.340. The number of hydrogen-bond acceptors (Lipinski definition) is 2. The third kappa shape index (κ3) is 1.82. The first-order valence-electron chi connectivity index (χ1n) is 3.44. The lowest BCUT2D eigenvalue weighted by Gasteiger charge is -1.86. The smallest absolute Gasteiger partial charge is 0.169 e. The van der Waals surface area contributed by atoms with Crippen LogP contribution in [-0.2, 0) is 6.42 Å². The Morgan fingerprint density at radius 2 is 2.36 bits per heavy atom. The van der Waals surface area contributed by atoms with Gasteiger partial charge in [-0.3, -0.25) is 4.79 Å². The van der Waals surface area contributed by atoms with Crippen LogP contribution < -0.4 is 0 Å². The van der Waals surface area contributed by atoms with Crippen LogP contribution >= 0.6 is 22.9 Å². The molecule has 0 saturated heterocycles. The molecule has 0 aliphatic rings. The summed E-state index contributed by atoms with van der Waals surface area (Å²) < 4.78 is 0. The average molecular weight is 189 g/mol. The van der Waals surface area contributed by atoms with Gasteiger partial charge in [-0.05, 0) is 19.4 Å². The molecule has 0 radical (unpaired) electrons. The topological polar surface area (TPSA) is 17.1 Å². The molecule has 1 heterocycles. The first kappa shape index (κ1) is 8.75. The van der Waals surface area contributed by atoms with Crippen molar-refractivity contribution in [3.05, 3.63) is 20.8 Å². The van der Waals surface area contributed by atoms with Crippen molar-refractivity contribution in [3.63, 3.8) is 0 Å². The molecule has 0 aliphatic heterocycles. The fraction of sp³-hybridized carbons (Fsp3) is 0.375. The van der Waals surface area contributed by atoms with E-state index in [-0.39, 0.29) is 5.78 Å². The van der Waals surface area contributed by atoms with Crippen molar-refractivity contribution in [2.24, 2.45) is 0 Å². The van der Waals surface area contributed by atoms with Crippen molar-refractivity contribution < 1.29 is 4.79 Å². The van der Waals surface area contributed by atoms with Crippen LogP contribution in [0.25, 0.3) is 0 Å². The van der Waals surface area contributed by atoms with E-state index < -0.39 is 0 Å². The number of aryl methyl sites for hydroxylation is 1. The molecule has 0 spiro atoms. The van der Waals surface area contributed by atoms with Crippen LogP contribution in [0.15, 0.2) is 6.07 Å². The molecular weight excluding hydrogens is 180 g/mol. The molecule has 1 aromatic rings. The Morgan fingerprint density at radius 1 is 1.73 bits per heavy atom. The maximum atomic E-state index is 10.9. The van der Waals surface area contributed by atoms with E-state index in [1.54, 1.807) is 13.0 Å². The van der Waals surface area contributed by atoms with Gasteiger partial charge in [0.1, 0.15) is 0 Å². The molecule has 1 nitrogen and oxygen atoms in total. The monoisotopic (exact) mass is 188 g/mol. The van der Waals surface area contributed by atoms with E-state index in [1.807, 2.05) is 6.92 Å². The van der Waals surface area contributed by atoms with Crippen LogP contribution in [0.4, 0.5) is 0 Å². The second kappa shape index (κ2) is 3.37. The van der Waals surface area contributed by atoms with E-state index in [0.29, 0.717) is 0 Å². The Morgan fingerprint density at radius 3 is 2.64 bits per heavy atom. The molecule has 11 heavy (non-hydrogen) atoms. The first-order chi connectivity index (χ1) is 5.15. The highest BCUT2D eigenvalue weighted by atomic mass is 35.5. The Bertz CT molecular complexity index is 278. The van der Waals surface area contributed by atoms with Crippen molar-refractivity contribution in [3.8, 4) is 0 Å². The zero-order valence-corrected chi connectivity index (χ0v) is 8.05. The standard InChI is InChI=1S/C8H9ClOS/c1-3-7-6(9)4-8(11-7)5(2)10/h4H,3H2,1-2H3. The van der Waals surface area contributed by atoms with Crippen molar-refractivity contribution in [1.82, 2.24) is 0 Å². The van der Waals surface area contributed by atoms with Crippen molar-refractivity contribution in [2.45, 2.75) is 20.3 Å². The quantitative estimate of drug-likeness (QED) is 0.652. The molecule has 60 valence electrons. The zero-order chi connectivity index (χ0) is 8.43. The van der Waals surface area contributed by atoms with Crippen molar-refractivity contribution >= 4 is 28.7 Å². The maximum Gasteiger partial charge on any atom is 0.169 e. The molecule has 1 aromatic heterocycles. The first-order valence-corrected chi connectivity index (χ1v) is 4.63. The molecule has 0 fully saturated rings. The summed E-state index contributed by atoms with van der Waals surface area (Å²) in [4.78, 5) is 12.7. The summed E-state index contributed by atoms with van der Waals surface area (Å²) in [6.07, 6.45) is 0.900. The van der Waals surface area contributed by atoms with Gasteiger partial charge in [-0.2, -0.15) is 0 Å². The maximum absolute atomic E-state index is 10.9. The molecule has 0 unspecified atom stereocenters. The number of rotatable bonds is 2. The van der Waals surface area contributed by atoms with Crippen LogP contribution in [0.3, 0.4) is 0 Å². The van der Waals surface area contributed by atoms with Crippen LogP contribution in [0.5, 0.6) is 0 Å². The Labute approximate surface area is 75.0 Å². The van der Waals surface area contributed by atoms with Gasteiger partial charge in [0.2, 0.25) is 0 Å². The third-order valence-electron chi connectivity index (χ3n) is 1.43. The number of hydrogen-bond donors (Lipinski definition) is 0. The second-order valence-electron chi connectivity index (χ2n) is 2.29. The van der Waals surface area contributed by atoms with Crippen molar-refractivity contribution in [1.29, 1.82) is 0 Å². The lowest BCUT2D eigenvalue weighted by Crippen LogP contribution is -1.83. The molecule has 0 bridgehead atoms. The number of carbonyl (C=O) groups excluding carboxylic acids is 1. The molecule has 0 aromatic carbocycles. The van der Waals surface area contributed by atoms with Crippen molar-refractivity contribution in [2.75, 3.05) is 0 Å². The van der Waals surface area contributed by atoms with Crippen LogP contribution in [0.1, 0.15) is 28.4 Å². The fourth-order valence-corrected chi connectivity index (χ4v) is 2.13. The van der Waals surface area contributed by atoms with Gasteiger partial charge in [-0.1, -0.05) is 18.5 Å². The summed E-state index contributed by atoms with van der Waals surface area (Å²) in [5.74, 6) is 0.0941.